The van der Waals surface area contributed by atoms with E-state index in [1.165, 1.54) is 86.0 Å². The Kier molecular flexibility index (Phi) is 7.71. The van der Waals surface area contributed by atoms with Crippen LogP contribution in [0.2, 0.25) is 0 Å². The second kappa shape index (κ2) is 12.9. The van der Waals surface area contributed by atoms with Gasteiger partial charge in [0.15, 0.2) is 0 Å². The summed E-state index contributed by atoms with van der Waals surface area (Å²) in [5.41, 5.74) is 13.1. The molecule has 0 saturated heterocycles. The normalized spacial score (nSPS) is 12.4. The van der Waals surface area contributed by atoms with Gasteiger partial charge in [-0.05, 0) is 102 Å². The number of nitrogens with zero attached hydrogens (tertiary/aromatic N) is 2. The maximum atomic E-state index is 4.59. The Balaban J connectivity index is 1.07. The summed E-state index contributed by atoms with van der Waals surface area (Å²) in [6.07, 6.45) is 7.51. The van der Waals surface area contributed by atoms with Crippen molar-refractivity contribution < 1.29 is 0 Å². The van der Waals surface area contributed by atoms with E-state index in [9.17, 15) is 0 Å². The molecule has 0 fully saturated rings. The zero-order valence-electron chi connectivity index (χ0n) is 30.4. The molecule has 7 aromatic carbocycles. The van der Waals surface area contributed by atoms with Crippen molar-refractivity contribution in [3.63, 3.8) is 0 Å². The summed E-state index contributed by atoms with van der Waals surface area (Å²) in [5, 5.41) is 7.67. The lowest BCUT2D eigenvalue weighted by molar-refractivity contribution is 1.13. The highest BCUT2D eigenvalue weighted by molar-refractivity contribution is 7.25. The summed E-state index contributed by atoms with van der Waals surface area (Å²) in [6, 6.07) is 55.3. The number of hydrogen-bond donors (Lipinski definition) is 0. The number of rotatable bonds is 7. The van der Waals surface area contributed by atoms with Gasteiger partial charge in [-0.1, -0.05) is 123 Å². The number of benzene rings is 7. The number of aryl methyl sites for hydroxylation is 1. The fourth-order valence-corrected chi connectivity index (χ4v) is 9.55. The van der Waals surface area contributed by atoms with Gasteiger partial charge in [0.2, 0.25) is 0 Å². The van der Waals surface area contributed by atoms with Crippen molar-refractivity contribution in [1.82, 2.24) is 9.13 Å². The molecule has 3 heterocycles. The van der Waals surface area contributed by atoms with Crippen LogP contribution in [0, 0.1) is 0 Å². The van der Waals surface area contributed by atoms with Crippen molar-refractivity contribution in [2.75, 3.05) is 0 Å². The predicted molar refractivity (Wildman–Crippen MR) is 236 cm³/mol. The number of thiophene rings is 1. The molecule has 10 rings (SSSR count). The summed E-state index contributed by atoms with van der Waals surface area (Å²) in [7, 11) is 0. The fraction of sp³-hybridized carbons (Fsp3) is 0.0588. The van der Waals surface area contributed by atoms with Gasteiger partial charge in [0.1, 0.15) is 0 Å². The first-order valence-corrected chi connectivity index (χ1v) is 19.5. The molecule has 0 saturated carbocycles. The lowest BCUT2D eigenvalue weighted by Crippen LogP contribution is -1.95. The number of allylic oxidation sites excluding steroid dienone is 5. The highest BCUT2D eigenvalue weighted by atomic mass is 32.1. The van der Waals surface area contributed by atoms with Gasteiger partial charge >= 0.3 is 0 Å². The molecule has 2 nitrogen and oxygen atoms in total. The van der Waals surface area contributed by atoms with Crippen LogP contribution in [0.3, 0.4) is 0 Å². The van der Waals surface area contributed by atoms with Gasteiger partial charge in [-0.15, -0.1) is 11.3 Å². The Bertz CT molecular complexity index is 3160. The van der Waals surface area contributed by atoms with Gasteiger partial charge < -0.3 is 9.13 Å². The molecular weight excluding hydrogens is 673 g/mol. The van der Waals surface area contributed by atoms with Crippen LogP contribution < -0.4 is 0 Å². The van der Waals surface area contributed by atoms with Crippen LogP contribution in [0.1, 0.15) is 25.0 Å². The van der Waals surface area contributed by atoms with Crippen molar-refractivity contribution in [3.8, 4) is 16.8 Å². The molecular formula is C51H38N2S. The lowest BCUT2D eigenvalue weighted by Gasteiger charge is -2.12. The average Bonchev–Trinajstić information content (AvgIpc) is 3.88. The fourth-order valence-electron chi connectivity index (χ4n) is 8.47. The second-order valence-corrected chi connectivity index (χ2v) is 15.2. The van der Waals surface area contributed by atoms with Crippen LogP contribution >= 0.6 is 11.3 Å². The molecule has 3 aromatic heterocycles. The van der Waals surface area contributed by atoms with E-state index in [1.54, 1.807) is 0 Å². The van der Waals surface area contributed by atoms with Crippen molar-refractivity contribution in [2.45, 2.75) is 20.3 Å². The topological polar surface area (TPSA) is 9.86 Å². The SMILES string of the molecule is C=C(/C=C\C=C(/C)n1c2ccccc2c2ccc3c(c4ccccc4n3-c3ccccc3)c21)c1cc(-c2ccc3sc4ccccc4c3c2)ccc1CC. The van der Waals surface area contributed by atoms with Gasteiger partial charge in [-0.3, -0.25) is 0 Å². The second-order valence-electron chi connectivity index (χ2n) is 14.1. The molecule has 0 N–H and O–H groups in total. The van der Waals surface area contributed by atoms with Crippen LogP contribution in [0.15, 0.2) is 176 Å². The van der Waals surface area contributed by atoms with Crippen molar-refractivity contribution >= 4 is 86.4 Å². The number of hydrogen-bond acceptors (Lipinski definition) is 1. The standard InChI is InChI=1S/C51H38N2S/c1-4-35-25-26-36(37-27-30-49-44(32-37)40-20-10-13-24-48(40)54-49)31-43(35)33(2)15-14-16-34(3)52-45-22-11-8-19-39(45)41-28-29-47-50(51(41)52)42-21-9-12-23-46(42)53(47)38-17-6-5-7-18-38/h5-32H,2,4H2,1,3H3/b15-14-,34-16+. The van der Waals surface area contributed by atoms with Gasteiger partial charge in [0.05, 0.1) is 22.1 Å². The molecule has 0 aliphatic heterocycles. The summed E-state index contributed by atoms with van der Waals surface area (Å²) >= 11 is 1.86. The molecule has 0 spiro atoms. The minimum absolute atomic E-state index is 0.944. The van der Waals surface area contributed by atoms with E-state index < -0.39 is 0 Å². The Labute approximate surface area is 318 Å². The quantitative estimate of drug-likeness (QED) is 0.146. The van der Waals surface area contributed by atoms with E-state index in [2.05, 4.69) is 199 Å². The molecule has 0 atom stereocenters. The predicted octanol–water partition coefficient (Wildman–Crippen LogP) is 14.6. The molecule has 0 radical (unpaired) electrons. The van der Waals surface area contributed by atoms with Crippen molar-refractivity contribution in [3.05, 3.63) is 188 Å². The van der Waals surface area contributed by atoms with E-state index in [0.29, 0.717) is 0 Å². The van der Waals surface area contributed by atoms with Gasteiger partial charge in [-0.25, -0.2) is 0 Å². The first-order chi connectivity index (χ1) is 26.6. The molecule has 0 aliphatic carbocycles. The minimum atomic E-state index is 0.944. The van der Waals surface area contributed by atoms with Crippen LogP contribution in [0.4, 0.5) is 0 Å². The molecule has 258 valence electrons. The zero-order chi connectivity index (χ0) is 36.3. The third-order valence-corrected chi connectivity index (χ3v) is 12.2. The molecule has 10 aromatic rings. The highest BCUT2D eigenvalue weighted by Crippen LogP contribution is 2.42. The summed E-state index contributed by atoms with van der Waals surface area (Å²) in [5.74, 6) is 0. The molecule has 54 heavy (non-hydrogen) atoms. The first kappa shape index (κ1) is 32.2. The first-order valence-electron chi connectivity index (χ1n) is 18.7. The van der Waals surface area contributed by atoms with E-state index in [-0.39, 0.29) is 0 Å². The highest BCUT2D eigenvalue weighted by Gasteiger charge is 2.20. The van der Waals surface area contributed by atoms with Crippen LogP contribution in [0.25, 0.3) is 91.9 Å². The van der Waals surface area contributed by atoms with Gasteiger partial charge in [-0.2, -0.15) is 0 Å². The van der Waals surface area contributed by atoms with E-state index in [0.717, 1.165) is 23.4 Å². The molecule has 3 heteroatoms. The maximum absolute atomic E-state index is 4.59. The zero-order valence-corrected chi connectivity index (χ0v) is 31.2. The smallest absolute Gasteiger partial charge is 0.0638 e. The van der Waals surface area contributed by atoms with Gasteiger partial charge in [0.25, 0.3) is 0 Å². The third kappa shape index (κ3) is 5.08. The molecule has 0 aliphatic rings. The average molecular weight is 711 g/mol. The van der Waals surface area contributed by atoms with E-state index in [1.807, 2.05) is 11.3 Å². The maximum Gasteiger partial charge on any atom is 0.0638 e. The van der Waals surface area contributed by atoms with Crippen LogP contribution in [-0.4, -0.2) is 9.13 Å². The summed E-state index contributed by atoms with van der Waals surface area (Å²) in [6.45, 7) is 9.03. The summed E-state index contributed by atoms with van der Waals surface area (Å²) in [4.78, 5) is 0. The van der Waals surface area contributed by atoms with Crippen molar-refractivity contribution in [2.24, 2.45) is 0 Å². The molecule has 0 unspecified atom stereocenters. The minimum Gasteiger partial charge on any atom is -0.313 e. The Morgan fingerprint density at radius 1 is 0.611 bits per heavy atom. The Morgan fingerprint density at radius 2 is 1.30 bits per heavy atom. The van der Waals surface area contributed by atoms with Crippen LogP contribution in [-0.2, 0) is 6.42 Å². The number of aromatic nitrogens is 2. The Hall–Kier alpha value is -6.42. The summed E-state index contributed by atoms with van der Waals surface area (Å²) < 4.78 is 7.50. The molecule has 0 amide bonds. The lowest BCUT2D eigenvalue weighted by atomic mass is 9.93. The van der Waals surface area contributed by atoms with E-state index in [4.69, 9.17) is 0 Å². The van der Waals surface area contributed by atoms with Crippen molar-refractivity contribution in [1.29, 1.82) is 0 Å². The van der Waals surface area contributed by atoms with Gasteiger partial charge in [0, 0.05) is 53.1 Å². The number of fused-ring (bicyclic) bond motifs is 10. The third-order valence-electron chi connectivity index (χ3n) is 11.0. The number of para-hydroxylation sites is 3. The van der Waals surface area contributed by atoms with Crippen LogP contribution in [0.5, 0.6) is 0 Å². The van der Waals surface area contributed by atoms with E-state index >= 15 is 0 Å². The monoisotopic (exact) mass is 710 g/mol. The molecule has 0 bridgehead atoms. The largest absolute Gasteiger partial charge is 0.313 e. The Morgan fingerprint density at radius 3 is 2.13 bits per heavy atom.